The van der Waals surface area contributed by atoms with Crippen LogP contribution in [0.5, 0.6) is 5.75 Å². The number of sulfonamides is 1. The van der Waals surface area contributed by atoms with Crippen molar-refractivity contribution in [3.63, 3.8) is 0 Å². The fourth-order valence-electron chi connectivity index (χ4n) is 2.21. The van der Waals surface area contributed by atoms with Gasteiger partial charge < -0.3 is 10.1 Å². The molecule has 0 spiro atoms. The molecule has 0 aliphatic rings. The third kappa shape index (κ3) is 5.31. The summed E-state index contributed by atoms with van der Waals surface area (Å²) in [7, 11) is -3.54. The molecule has 2 aromatic rings. The van der Waals surface area contributed by atoms with Crippen molar-refractivity contribution in [2.24, 2.45) is 5.92 Å². The van der Waals surface area contributed by atoms with Gasteiger partial charge in [-0.05, 0) is 42.3 Å². The van der Waals surface area contributed by atoms with E-state index in [-0.39, 0.29) is 10.8 Å². The lowest BCUT2D eigenvalue weighted by atomic mass is 10.2. The minimum atomic E-state index is -3.54. The number of ether oxygens (including phenoxy) is 1. The lowest BCUT2D eigenvalue weighted by molar-refractivity contribution is 0.102. The van der Waals surface area contributed by atoms with E-state index < -0.39 is 10.0 Å². The van der Waals surface area contributed by atoms with Crippen LogP contribution >= 0.6 is 0 Å². The molecule has 0 aliphatic carbocycles. The van der Waals surface area contributed by atoms with E-state index in [1.807, 2.05) is 26.0 Å². The van der Waals surface area contributed by atoms with Gasteiger partial charge in [0, 0.05) is 12.1 Å². The summed E-state index contributed by atoms with van der Waals surface area (Å²) in [5, 5.41) is 2.80. The van der Waals surface area contributed by atoms with Crippen LogP contribution in [0.25, 0.3) is 0 Å². The van der Waals surface area contributed by atoms with Crippen LogP contribution < -0.4 is 14.8 Å². The molecule has 6 nitrogen and oxygen atoms in total. The van der Waals surface area contributed by atoms with Crippen molar-refractivity contribution in [1.82, 2.24) is 4.72 Å². The highest BCUT2D eigenvalue weighted by Crippen LogP contribution is 2.25. The topological polar surface area (TPSA) is 84.5 Å². The number of hydrogen-bond acceptors (Lipinski definition) is 4. The van der Waals surface area contributed by atoms with E-state index in [4.69, 9.17) is 4.74 Å². The Morgan fingerprint density at radius 3 is 2.35 bits per heavy atom. The Balaban J connectivity index is 2.13. The highest BCUT2D eigenvalue weighted by atomic mass is 32.2. The highest BCUT2D eigenvalue weighted by molar-refractivity contribution is 7.89. The minimum Gasteiger partial charge on any atom is -0.491 e. The van der Waals surface area contributed by atoms with Gasteiger partial charge in [0.25, 0.3) is 5.91 Å². The Morgan fingerprint density at radius 2 is 1.73 bits per heavy atom. The van der Waals surface area contributed by atoms with Crippen molar-refractivity contribution < 1.29 is 17.9 Å². The van der Waals surface area contributed by atoms with Gasteiger partial charge in [-0.25, -0.2) is 13.1 Å². The summed E-state index contributed by atoms with van der Waals surface area (Å²) in [6.45, 7) is 6.65. The van der Waals surface area contributed by atoms with Crippen molar-refractivity contribution in [1.29, 1.82) is 0 Å². The zero-order valence-electron chi connectivity index (χ0n) is 15.2. The lowest BCUT2D eigenvalue weighted by Crippen LogP contribution is -2.23. The van der Waals surface area contributed by atoms with Gasteiger partial charge in [0.2, 0.25) is 10.0 Å². The Hall–Kier alpha value is -2.38. The molecule has 26 heavy (non-hydrogen) atoms. The van der Waals surface area contributed by atoms with Crippen LogP contribution in [0.3, 0.4) is 0 Å². The van der Waals surface area contributed by atoms with Crippen LogP contribution in [0.15, 0.2) is 53.4 Å². The van der Waals surface area contributed by atoms with E-state index in [0.717, 1.165) is 0 Å². The monoisotopic (exact) mass is 376 g/mol. The number of carbonyl (C=O) groups is 1. The molecule has 2 aromatic carbocycles. The highest BCUT2D eigenvalue weighted by Gasteiger charge is 2.14. The van der Waals surface area contributed by atoms with Crippen molar-refractivity contribution in [3.05, 3.63) is 54.1 Å². The number of benzene rings is 2. The number of para-hydroxylation sites is 2. The molecule has 0 unspecified atom stereocenters. The summed E-state index contributed by atoms with van der Waals surface area (Å²) < 4.78 is 32.0. The van der Waals surface area contributed by atoms with Crippen LogP contribution in [0.1, 0.15) is 31.1 Å². The Labute approximate surface area is 154 Å². The van der Waals surface area contributed by atoms with Gasteiger partial charge in [0.1, 0.15) is 5.75 Å². The molecule has 140 valence electrons. The Kier molecular flexibility index (Phi) is 6.76. The maximum absolute atomic E-state index is 12.5. The first-order valence-electron chi connectivity index (χ1n) is 8.46. The van der Waals surface area contributed by atoms with Crippen LogP contribution in [0.2, 0.25) is 0 Å². The van der Waals surface area contributed by atoms with E-state index in [2.05, 4.69) is 10.0 Å². The summed E-state index contributed by atoms with van der Waals surface area (Å²) >= 11 is 0. The average molecular weight is 376 g/mol. The molecule has 0 saturated carbocycles. The maximum Gasteiger partial charge on any atom is 0.255 e. The van der Waals surface area contributed by atoms with Crippen LogP contribution in [-0.4, -0.2) is 27.5 Å². The van der Waals surface area contributed by atoms with Gasteiger partial charge >= 0.3 is 0 Å². The fraction of sp³-hybridized carbons (Fsp3) is 0.316. The van der Waals surface area contributed by atoms with Crippen molar-refractivity contribution in [2.45, 2.75) is 25.7 Å². The van der Waals surface area contributed by atoms with E-state index in [1.165, 1.54) is 24.3 Å². The first-order valence-corrected chi connectivity index (χ1v) is 9.94. The summed E-state index contributed by atoms with van der Waals surface area (Å²) in [6.07, 6.45) is 0. The molecule has 1 amide bonds. The number of nitrogens with one attached hydrogen (secondary N) is 2. The summed E-state index contributed by atoms with van der Waals surface area (Å²) in [5.74, 6) is 0.629. The zero-order valence-corrected chi connectivity index (χ0v) is 16.0. The van der Waals surface area contributed by atoms with E-state index >= 15 is 0 Å². The average Bonchev–Trinajstić information content (AvgIpc) is 2.61. The smallest absolute Gasteiger partial charge is 0.255 e. The molecule has 7 heteroatoms. The second kappa shape index (κ2) is 8.82. The second-order valence-corrected chi connectivity index (χ2v) is 7.95. The van der Waals surface area contributed by atoms with Gasteiger partial charge in [-0.1, -0.05) is 32.9 Å². The molecular weight excluding hydrogens is 352 g/mol. The number of anilines is 1. The molecule has 2 rings (SSSR count). The largest absolute Gasteiger partial charge is 0.491 e. The molecule has 2 N–H and O–H groups in total. The maximum atomic E-state index is 12.5. The molecule has 0 fully saturated rings. The van der Waals surface area contributed by atoms with Gasteiger partial charge in [-0.3, -0.25) is 4.79 Å². The molecule has 0 bridgehead atoms. The van der Waals surface area contributed by atoms with E-state index in [0.29, 0.717) is 36.1 Å². The van der Waals surface area contributed by atoms with E-state index in [1.54, 1.807) is 19.1 Å². The third-order valence-corrected chi connectivity index (χ3v) is 5.03. The normalized spacial score (nSPS) is 11.4. The Bertz CT molecular complexity index is 846. The molecule has 0 atom stereocenters. The quantitative estimate of drug-likeness (QED) is 0.740. The number of carbonyl (C=O) groups excluding carboxylic acids is 1. The lowest BCUT2D eigenvalue weighted by Gasteiger charge is -2.14. The summed E-state index contributed by atoms with van der Waals surface area (Å²) in [4.78, 5) is 12.6. The third-order valence-electron chi connectivity index (χ3n) is 3.47. The molecule has 0 heterocycles. The fourth-order valence-corrected chi connectivity index (χ4v) is 3.25. The van der Waals surface area contributed by atoms with Crippen molar-refractivity contribution in [2.75, 3.05) is 18.5 Å². The number of rotatable bonds is 8. The SMILES string of the molecule is CCNS(=O)(=O)c1ccc(C(=O)Nc2ccccc2OCC(C)C)cc1. The van der Waals surface area contributed by atoms with Gasteiger partial charge in [-0.2, -0.15) is 0 Å². The Morgan fingerprint density at radius 1 is 1.08 bits per heavy atom. The van der Waals surface area contributed by atoms with Crippen LogP contribution in [-0.2, 0) is 10.0 Å². The second-order valence-electron chi connectivity index (χ2n) is 6.18. The predicted octanol–water partition coefficient (Wildman–Crippen LogP) is 3.27. The van der Waals surface area contributed by atoms with Gasteiger partial charge in [-0.15, -0.1) is 0 Å². The molecular formula is C19H24N2O4S. The van der Waals surface area contributed by atoms with Crippen molar-refractivity contribution >= 4 is 21.6 Å². The van der Waals surface area contributed by atoms with Crippen molar-refractivity contribution in [3.8, 4) is 5.75 Å². The first kappa shape index (κ1) is 19.9. The van der Waals surface area contributed by atoms with E-state index in [9.17, 15) is 13.2 Å². The number of hydrogen-bond donors (Lipinski definition) is 2. The molecule has 0 aromatic heterocycles. The minimum absolute atomic E-state index is 0.122. The molecule has 0 aliphatic heterocycles. The summed E-state index contributed by atoms with van der Waals surface area (Å²) in [5.41, 5.74) is 0.932. The van der Waals surface area contributed by atoms with Crippen LogP contribution in [0, 0.1) is 5.92 Å². The van der Waals surface area contributed by atoms with Gasteiger partial charge in [0.15, 0.2) is 0 Å². The summed E-state index contributed by atoms with van der Waals surface area (Å²) in [6, 6.07) is 13.0. The standard InChI is InChI=1S/C19H24N2O4S/c1-4-20-26(23,24)16-11-9-15(10-12-16)19(22)21-17-7-5-6-8-18(17)25-13-14(2)3/h5-12,14,20H,4,13H2,1-3H3,(H,21,22). The number of amides is 1. The predicted molar refractivity (Wildman–Crippen MR) is 102 cm³/mol. The van der Waals surface area contributed by atoms with Crippen LogP contribution in [0.4, 0.5) is 5.69 Å². The molecule has 0 radical (unpaired) electrons. The molecule has 0 saturated heterocycles. The first-order chi connectivity index (χ1) is 12.3. The zero-order chi connectivity index (χ0) is 19.2. The van der Waals surface area contributed by atoms with Gasteiger partial charge in [0.05, 0.1) is 17.2 Å².